The van der Waals surface area contributed by atoms with Gasteiger partial charge < -0.3 is 19.1 Å². The predicted octanol–water partition coefficient (Wildman–Crippen LogP) is 0.148. The third-order valence-corrected chi connectivity index (χ3v) is 4.99. The summed E-state index contributed by atoms with van der Waals surface area (Å²) in [5.74, 6) is 0.00914. The van der Waals surface area contributed by atoms with Crippen molar-refractivity contribution in [3.05, 3.63) is 18.2 Å². The van der Waals surface area contributed by atoms with E-state index in [0.29, 0.717) is 24.7 Å². The molecule has 0 saturated heterocycles. The fourth-order valence-corrected chi connectivity index (χ4v) is 3.15. The minimum absolute atomic E-state index is 0.00433. The molecule has 0 unspecified atom stereocenters. The molecule has 0 radical (unpaired) electrons. The summed E-state index contributed by atoms with van der Waals surface area (Å²) in [6.07, 6.45) is 0.253. The number of hydrogen-bond acceptors (Lipinski definition) is 7. The van der Waals surface area contributed by atoms with Gasteiger partial charge in [0.2, 0.25) is 10.0 Å². The number of hydrogen-bond donors (Lipinski definition) is 1. The minimum Gasteiger partial charge on any atom is -0.486 e. The van der Waals surface area contributed by atoms with Gasteiger partial charge in [-0.1, -0.05) is 0 Å². The molecule has 1 aliphatic heterocycles. The number of nitrogens with zero attached hydrogens (tertiary/aromatic N) is 1. The Kier molecular flexibility index (Phi) is 6.81. The van der Waals surface area contributed by atoms with E-state index in [9.17, 15) is 18.0 Å². The average molecular weight is 386 g/mol. The second kappa shape index (κ2) is 8.86. The Morgan fingerprint density at radius 1 is 1.19 bits per heavy atom. The molecule has 1 aromatic rings. The molecule has 0 spiro atoms. The van der Waals surface area contributed by atoms with E-state index in [1.807, 2.05) is 0 Å². The Morgan fingerprint density at radius 2 is 1.88 bits per heavy atom. The third-order valence-electron chi connectivity index (χ3n) is 3.53. The highest BCUT2D eigenvalue weighted by molar-refractivity contribution is 7.89. The summed E-state index contributed by atoms with van der Waals surface area (Å²) in [6, 6.07) is 4.37. The highest BCUT2D eigenvalue weighted by atomic mass is 32.2. The highest BCUT2D eigenvalue weighted by Gasteiger charge is 2.19. The SMILES string of the molecule is CN(C)C(=O)COC(=O)CCCNS(=O)(=O)c1ccc2c(c1)OCCO2. The largest absolute Gasteiger partial charge is 0.486 e. The number of carbonyl (C=O) groups excluding carboxylic acids is 2. The second-order valence-electron chi connectivity index (χ2n) is 5.76. The molecule has 1 N–H and O–H groups in total. The first-order valence-electron chi connectivity index (χ1n) is 8.04. The normalized spacial score (nSPS) is 13.2. The lowest BCUT2D eigenvalue weighted by molar-refractivity contribution is -0.151. The predicted molar refractivity (Wildman–Crippen MR) is 91.5 cm³/mol. The standard InChI is InChI=1S/C16H22N2O7S/c1-18(2)15(19)11-25-16(20)4-3-7-17-26(21,22)12-5-6-13-14(10-12)24-9-8-23-13/h5-6,10,17H,3-4,7-9,11H2,1-2H3. The van der Waals surface area contributed by atoms with Gasteiger partial charge in [-0.25, -0.2) is 13.1 Å². The molecule has 0 bridgehead atoms. The smallest absolute Gasteiger partial charge is 0.306 e. The summed E-state index contributed by atoms with van der Waals surface area (Å²) in [5, 5.41) is 0. The van der Waals surface area contributed by atoms with Crippen LogP contribution in [0, 0.1) is 0 Å². The van der Waals surface area contributed by atoms with Crippen LogP contribution >= 0.6 is 0 Å². The molecule has 1 aromatic carbocycles. The third kappa shape index (κ3) is 5.60. The zero-order valence-electron chi connectivity index (χ0n) is 14.7. The highest BCUT2D eigenvalue weighted by Crippen LogP contribution is 2.32. The zero-order chi connectivity index (χ0) is 19.2. The Morgan fingerprint density at radius 3 is 2.58 bits per heavy atom. The van der Waals surface area contributed by atoms with Crippen LogP contribution in [0.4, 0.5) is 0 Å². The van der Waals surface area contributed by atoms with Gasteiger partial charge in [-0.3, -0.25) is 9.59 Å². The van der Waals surface area contributed by atoms with E-state index in [-0.39, 0.29) is 36.8 Å². The summed E-state index contributed by atoms with van der Waals surface area (Å²) in [7, 11) is -0.610. The van der Waals surface area contributed by atoms with Crippen LogP contribution in [0.2, 0.25) is 0 Å². The maximum atomic E-state index is 12.3. The van der Waals surface area contributed by atoms with Crippen LogP contribution in [0.5, 0.6) is 11.5 Å². The number of sulfonamides is 1. The molecule has 9 nitrogen and oxygen atoms in total. The van der Waals surface area contributed by atoms with E-state index in [4.69, 9.17) is 14.2 Å². The molecule has 1 heterocycles. The maximum Gasteiger partial charge on any atom is 0.306 e. The minimum atomic E-state index is -3.73. The molecule has 0 aliphatic carbocycles. The summed E-state index contributed by atoms with van der Waals surface area (Å²) in [6.45, 7) is 0.526. The van der Waals surface area contributed by atoms with Crippen LogP contribution in [0.3, 0.4) is 0 Å². The van der Waals surface area contributed by atoms with Crippen molar-refractivity contribution in [1.82, 2.24) is 9.62 Å². The molecule has 0 aromatic heterocycles. The number of amides is 1. The van der Waals surface area contributed by atoms with E-state index in [1.54, 1.807) is 20.2 Å². The van der Waals surface area contributed by atoms with Crippen LogP contribution in [0.1, 0.15) is 12.8 Å². The van der Waals surface area contributed by atoms with Crippen LogP contribution in [0.15, 0.2) is 23.1 Å². The van der Waals surface area contributed by atoms with E-state index >= 15 is 0 Å². The van der Waals surface area contributed by atoms with Crippen LogP contribution in [0.25, 0.3) is 0 Å². The lowest BCUT2D eigenvalue weighted by Crippen LogP contribution is -2.28. The van der Waals surface area contributed by atoms with Crippen molar-refractivity contribution in [2.24, 2.45) is 0 Å². The molecule has 0 fully saturated rings. The summed E-state index contributed by atoms with van der Waals surface area (Å²) < 4.78 is 42.5. The van der Waals surface area contributed by atoms with E-state index in [2.05, 4.69) is 4.72 Å². The topological polar surface area (TPSA) is 111 Å². The van der Waals surface area contributed by atoms with Gasteiger partial charge in [-0.15, -0.1) is 0 Å². The summed E-state index contributed by atoms with van der Waals surface area (Å²) >= 11 is 0. The molecule has 1 aliphatic rings. The van der Waals surface area contributed by atoms with Crippen molar-refractivity contribution in [2.45, 2.75) is 17.7 Å². The number of nitrogens with one attached hydrogen (secondary N) is 1. The number of esters is 1. The first-order valence-corrected chi connectivity index (χ1v) is 9.53. The van der Waals surface area contributed by atoms with Gasteiger partial charge in [0.05, 0.1) is 4.90 Å². The quantitative estimate of drug-likeness (QED) is 0.500. The van der Waals surface area contributed by atoms with E-state index in [1.165, 1.54) is 17.0 Å². The van der Waals surface area contributed by atoms with Gasteiger partial charge in [0, 0.05) is 33.1 Å². The number of fused-ring (bicyclic) bond motifs is 1. The number of rotatable bonds is 8. The Bertz CT molecular complexity index is 762. The van der Waals surface area contributed by atoms with Crippen molar-refractivity contribution in [2.75, 3.05) is 40.5 Å². The van der Waals surface area contributed by atoms with Crippen molar-refractivity contribution in [3.8, 4) is 11.5 Å². The molecule has 144 valence electrons. The van der Waals surface area contributed by atoms with Crippen molar-refractivity contribution in [1.29, 1.82) is 0 Å². The number of ether oxygens (including phenoxy) is 3. The van der Waals surface area contributed by atoms with Crippen LogP contribution in [-0.4, -0.2) is 65.7 Å². The van der Waals surface area contributed by atoms with Crippen LogP contribution < -0.4 is 14.2 Å². The molecule has 0 atom stereocenters. The Balaban J connectivity index is 1.78. The molecular weight excluding hydrogens is 364 g/mol. The molecule has 1 amide bonds. The van der Waals surface area contributed by atoms with Gasteiger partial charge >= 0.3 is 5.97 Å². The maximum absolute atomic E-state index is 12.3. The number of benzene rings is 1. The lowest BCUT2D eigenvalue weighted by Gasteiger charge is -2.18. The molecule has 26 heavy (non-hydrogen) atoms. The number of likely N-dealkylation sites (N-methyl/N-ethyl adjacent to an activating group) is 1. The van der Waals surface area contributed by atoms with Crippen LogP contribution in [-0.2, 0) is 24.3 Å². The van der Waals surface area contributed by atoms with Gasteiger partial charge in [0.15, 0.2) is 18.1 Å². The van der Waals surface area contributed by atoms with Crippen molar-refractivity contribution < 1.29 is 32.2 Å². The monoisotopic (exact) mass is 386 g/mol. The fourth-order valence-electron chi connectivity index (χ4n) is 2.06. The first-order chi connectivity index (χ1) is 12.3. The second-order valence-corrected chi connectivity index (χ2v) is 7.52. The number of carbonyl (C=O) groups is 2. The van der Waals surface area contributed by atoms with Crippen molar-refractivity contribution >= 4 is 21.9 Å². The lowest BCUT2D eigenvalue weighted by atomic mass is 10.3. The van der Waals surface area contributed by atoms with Gasteiger partial charge in [0.1, 0.15) is 13.2 Å². The summed E-state index contributed by atoms with van der Waals surface area (Å²) in [4.78, 5) is 24.2. The van der Waals surface area contributed by atoms with Crippen molar-refractivity contribution in [3.63, 3.8) is 0 Å². The molecule has 2 rings (SSSR count). The van der Waals surface area contributed by atoms with E-state index in [0.717, 1.165) is 0 Å². The molecular formula is C16H22N2O7S. The van der Waals surface area contributed by atoms with Gasteiger partial charge in [-0.2, -0.15) is 0 Å². The molecule has 10 heteroatoms. The van der Waals surface area contributed by atoms with E-state index < -0.39 is 16.0 Å². The summed E-state index contributed by atoms with van der Waals surface area (Å²) in [5.41, 5.74) is 0. The average Bonchev–Trinajstić information content (AvgIpc) is 2.62. The Hall–Kier alpha value is -2.33. The zero-order valence-corrected chi connectivity index (χ0v) is 15.5. The van der Waals surface area contributed by atoms with Gasteiger partial charge in [0.25, 0.3) is 5.91 Å². The Labute approximate surface area is 152 Å². The first kappa shape index (κ1) is 20.0. The van der Waals surface area contributed by atoms with Gasteiger partial charge in [-0.05, 0) is 18.6 Å². The molecule has 0 saturated carbocycles. The fraction of sp³-hybridized carbons (Fsp3) is 0.500.